The second-order valence-corrected chi connectivity index (χ2v) is 4.13. The SMILES string of the molecule is Cc1sccc1C(NN)c1ncc[nH]1. The van der Waals surface area contributed by atoms with Crippen molar-refractivity contribution in [2.75, 3.05) is 0 Å². The van der Waals surface area contributed by atoms with Crippen LogP contribution in [0.5, 0.6) is 0 Å². The number of hydrogen-bond acceptors (Lipinski definition) is 4. The van der Waals surface area contributed by atoms with E-state index in [9.17, 15) is 0 Å². The lowest BCUT2D eigenvalue weighted by Crippen LogP contribution is -2.29. The molecule has 0 aliphatic rings. The molecule has 0 saturated carbocycles. The fourth-order valence-corrected chi connectivity index (χ4v) is 2.19. The number of nitrogens with two attached hydrogens (primary N) is 1. The summed E-state index contributed by atoms with van der Waals surface area (Å²) in [4.78, 5) is 8.50. The van der Waals surface area contributed by atoms with Crippen LogP contribution in [0.4, 0.5) is 0 Å². The average molecular weight is 208 g/mol. The van der Waals surface area contributed by atoms with Crippen LogP contribution in [0.1, 0.15) is 22.3 Å². The topological polar surface area (TPSA) is 66.7 Å². The van der Waals surface area contributed by atoms with Crippen molar-refractivity contribution in [3.05, 3.63) is 40.1 Å². The third-order valence-electron chi connectivity index (χ3n) is 2.17. The summed E-state index contributed by atoms with van der Waals surface area (Å²) in [6, 6.07) is 2.02. The van der Waals surface area contributed by atoms with Crippen molar-refractivity contribution in [3.63, 3.8) is 0 Å². The maximum Gasteiger partial charge on any atom is 0.129 e. The summed E-state index contributed by atoms with van der Waals surface area (Å²) in [5.41, 5.74) is 3.93. The van der Waals surface area contributed by atoms with Crippen LogP contribution in [0.3, 0.4) is 0 Å². The van der Waals surface area contributed by atoms with Crippen LogP contribution in [0.25, 0.3) is 0 Å². The van der Waals surface area contributed by atoms with Crippen molar-refractivity contribution in [2.45, 2.75) is 13.0 Å². The first-order valence-corrected chi connectivity index (χ1v) is 5.20. The Morgan fingerprint density at radius 3 is 3.00 bits per heavy atom. The second kappa shape index (κ2) is 3.91. The Bertz CT molecular complexity index is 393. The van der Waals surface area contributed by atoms with Gasteiger partial charge in [0, 0.05) is 17.3 Å². The van der Waals surface area contributed by atoms with Crippen LogP contribution in [0, 0.1) is 6.92 Å². The van der Waals surface area contributed by atoms with E-state index in [1.165, 1.54) is 10.4 Å². The summed E-state index contributed by atoms with van der Waals surface area (Å²) in [6.07, 6.45) is 3.52. The summed E-state index contributed by atoms with van der Waals surface area (Å²) < 4.78 is 0. The number of nitrogens with one attached hydrogen (secondary N) is 2. The molecule has 0 aliphatic heterocycles. The van der Waals surface area contributed by atoms with Gasteiger partial charge in [-0.25, -0.2) is 10.4 Å². The van der Waals surface area contributed by atoms with Crippen LogP contribution < -0.4 is 11.3 Å². The number of aromatic nitrogens is 2. The van der Waals surface area contributed by atoms with E-state index in [2.05, 4.69) is 33.8 Å². The predicted octanol–water partition coefficient (Wildman–Crippen LogP) is 1.33. The molecule has 5 heteroatoms. The standard InChI is InChI=1S/C9H12N4S/c1-6-7(2-5-14-6)8(13-10)9-11-3-4-12-9/h2-5,8,13H,10H2,1H3,(H,11,12). The zero-order valence-corrected chi connectivity index (χ0v) is 8.64. The number of hydrazine groups is 1. The number of aromatic amines is 1. The van der Waals surface area contributed by atoms with E-state index in [0.717, 1.165) is 5.82 Å². The van der Waals surface area contributed by atoms with Crippen molar-refractivity contribution in [1.29, 1.82) is 0 Å². The number of aryl methyl sites for hydroxylation is 1. The Balaban J connectivity index is 2.36. The zero-order chi connectivity index (χ0) is 9.97. The van der Waals surface area contributed by atoms with Gasteiger partial charge >= 0.3 is 0 Å². The third kappa shape index (κ3) is 1.57. The Morgan fingerprint density at radius 2 is 2.50 bits per heavy atom. The van der Waals surface area contributed by atoms with E-state index in [1.807, 2.05) is 0 Å². The van der Waals surface area contributed by atoms with E-state index in [-0.39, 0.29) is 6.04 Å². The number of nitrogens with zero attached hydrogens (tertiary/aromatic N) is 1. The van der Waals surface area contributed by atoms with Crippen molar-refractivity contribution in [3.8, 4) is 0 Å². The molecule has 14 heavy (non-hydrogen) atoms. The minimum Gasteiger partial charge on any atom is -0.347 e. The molecule has 4 N–H and O–H groups in total. The van der Waals surface area contributed by atoms with E-state index >= 15 is 0 Å². The van der Waals surface area contributed by atoms with Gasteiger partial charge in [-0.2, -0.15) is 0 Å². The van der Waals surface area contributed by atoms with Crippen molar-refractivity contribution < 1.29 is 0 Å². The normalized spacial score (nSPS) is 13.0. The maximum absolute atomic E-state index is 5.52. The Kier molecular flexibility index (Phi) is 2.62. The molecule has 0 saturated heterocycles. The lowest BCUT2D eigenvalue weighted by Gasteiger charge is -2.12. The lowest BCUT2D eigenvalue weighted by atomic mass is 10.1. The molecule has 0 aromatic carbocycles. The van der Waals surface area contributed by atoms with Crippen molar-refractivity contribution in [2.24, 2.45) is 5.84 Å². The minimum atomic E-state index is -0.0451. The molecule has 2 aromatic rings. The molecule has 0 fully saturated rings. The Hall–Kier alpha value is -1.17. The summed E-state index contributed by atoms with van der Waals surface area (Å²) in [7, 11) is 0. The Morgan fingerprint density at radius 1 is 1.64 bits per heavy atom. The van der Waals surface area contributed by atoms with Crippen molar-refractivity contribution >= 4 is 11.3 Å². The van der Waals surface area contributed by atoms with Gasteiger partial charge in [0.05, 0.1) is 0 Å². The van der Waals surface area contributed by atoms with E-state index < -0.39 is 0 Å². The molecule has 2 heterocycles. The van der Waals surface area contributed by atoms with Crippen molar-refractivity contribution in [1.82, 2.24) is 15.4 Å². The molecule has 0 bridgehead atoms. The Labute approximate surface area is 86.1 Å². The van der Waals surface area contributed by atoms with Gasteiger partial charge in [0.15, 0.2) is 0 Å². The molecule has 0 amide bonds. The highest BCUT2D eigenvalue weighted by atomic mass is 32.1. The van der Waals surface area contributed by atoms with Gasteiger partial charge in [0.1, 0.15) is 11.9 Å². The summed E-state index contributed by atoms with van der Waals surface area (Å²) in [5, 5.41) is 2.05. The molecule has 0 aliphatic carbocycles. The second-order valence-electron chi connectivity index (χ2n) is 3.01. The third-order valence-corrected chi connectivity index (χ3v) is 3.03. The van der Waals surface area contributed by atoms with E-state index in [1.54, 1.807) is 23.7 Å². The highest BCUT2D eigenvalue weighted by molar-refractivity contribution is 7.10. The fraction of sp³-hybridized carbons (Fsp3) is 0.222. The first kappa shape index (κ1) is 9.39. The van der Waals surface area contributed by atoms with Gasteiger partial charge in [-0.05, 0) is 23.9 Å². The molecule has 2 rings (SSSR count). The molecule has 0 spiro atoms. The number of hydrogen-bond donors (Lipinski definition) is 3. The molecule has 74 valence electrons. The molecule has 0 radical (unpaired) electrons. The van der Waals surface area contributed by atoms with Gasteiger partial charge in [-0.3, -0.25) is 5.84 Å². The maximum atomic E-state index is 5.52. The summed E-state index contributed by atoms with van der Waals surface area (Å²) >= 11 is 1.71. The van der Waals surface area contributed by atoms with Gasteiger partial charge in [-0.15, -0.1) is 11.3 Å². The first-order chi connectivity index (χ1) is 6.83. The van der Waals surface area contributed by atoms with Crippen LogP contribution >= 0.6 is 11.3 Å². The quantitative estimate of drug-likeness (QED) is 0.526. The van der Waals surface area contributed by atoms with E-state index in [4.69, 9.17) is 5.84 Å². The van der Waals surface area contributed by atoms with Crippen LogP contribution in [-0.2, 0) is 0 Å². The van der Waals surface area contributed by atoms with Gasteiger partial charge in [-0.1, -0.05) is 0 Å². The minimum absolute atomic E-state index is 0.0451. The highest BCUT2D eigenvalue weighted by Crippen LogP contribution is 2.25. The van der Waals surface area contributed by atoms with Crippen LogP contribution in [0.2, 0.25) is 0 Å². The predicted molar refractivity (Wildman–Crippen MR) is 56.8 cm³/mol. The number of H-pyrrole nitrogens is 1. The zero-order valence-electron chi connectivity index (χ0n) is 7.82. The smallest absolute Gasteiger partial charge is 0.129 e. The molecule has 2 aromatic heterocycles. The largest absolute Gasteiger partial charge is 0.347 e. The number of rotatable bonds is 3. The lowest BCUT2D eigenvalue weighted by molar-refractivity contribution is 0.607. The highest BCUT2D eigenvalue weighted by Gasteiger charge is 2.16. The van der Waals surface area contributed by atoms with E-state index in [0.29, 0.717) is 0 Å². The average Bonchev–Trinajstić information content (AvgIpc) is 2.80. The molecule has 1 atom stereocenters. The molecule has 4 nitrogen and oxygen atoms in total. The van der Waals surface area contributed by atoms with Crippen LogP contribution in [-0.4, -0.2) is 9.97 Å². The monoisotopic (exact) mass is 208 g/mol. The van der Waals surface area contributed by atoms with Crippen LogP contribution in [0.15, 0.2) is 23.8 Å². The fourth-order valence-electron chi connectivity index (χ4n) is 1.45. The molecule has 1 unspecified atom stereocenters. The molecular formula is C9H12N4S. The number of thiophene rings is 1. The summed E-state index contributed by atoms with van der Waals surface area (Å²) in [6.45, 7) is 2.08. The number of imidazole rings is 1. The van der Waals surface area contributed by atoms with Gasteiger partial charge in [0.25, 0.3) is 0 Å². The summed E-state index contributed by atoms with van der Waals surface area (Å²) in [5.74, 6) is 6.36. The molecular weight excluding hydrogens is 196 g/mol. The first-order valence-electron chi connectivity index (χ1n) is 4.32. The van der Waals surface area contributed by atoms with Gasteiger partial charge < -0.3 is 4.98 Å². The van der Waals surface area contributed by atoms with Gasteiger partial charge in [0.2, 0.25) is 0 Å².